The molecule has 0 aromatic heterocycles. The number of rotatable bonds is 1. The second-order valence-corrected chi connectivity index (χ2v) is 3.93. The highest BCUT2D eigenvalue weighted by Crippen LogP contribution is 2.28. The van der Waals surface area contributed by atoms with Crippen molar-refractivity contribution in [3.05, 3.63) is 35.9 Å². The van der Waals surface area contributed by atoms with Gasteiger partial charge in [0.25, 0.3) is 0 Å². The van der Waals surface area contributed by atoms with Gasteiger partial charge in [-0.2, -0.15) is 0 Å². The Morgan fingerprint density at radius 3 is 2.35 bits per heavy atom. The molecule has 2 rings (SSSR count). The molecule has 1 aliphatic rings. The molecule has 17 heavy (non-hydrogen) atoms. The van der Waals surface area contributed by atoms with Crippen LogP contribution in [0.15, 0.2) is 40.6 Å². The summed E-state index contributed by atoms with van der Waals surface area (Å²) in [5.41, 5.74) is 1.01. The van der Waals surface area contributed by atoms with Crippen LogP contribution < -0.4 is 0 Å². The van der Waals surface area contributed by atoms with Gasteiger partial charge in [0.2, 0.25) is 0 Å². The lowest BCUT2D eigenvalue weighted by atomic mass is 9.81. The van der Waals surface area contributed by atoms with Crippen LogP contribution in [-0.2, 0) is 4.79 Å². The van der Waals surface area contributed by atoms with E-state index in [2.05, 4.69) is 10.3 Å². The van der Waals surface area contributed by atoms with Crippen molar-refractivity contribution in [2.45, 2.75) is 18.8 Å². The van der Waals surface area contributed by atoms with E-state index < -0.39 is 0 Å². The van der Waals surface area contributed by atoms with Crippen LogP contribution in [0.4, 0.5) is 0 Å². The zero-order valence-corrected chi connectivity index (χ0v) is 9.08. The van der Waals surface area contributed by atoms with E-state index in [4.69, 9.17) is 10.4 Å². The molecule has 5 heteroatoms. The fourth-order valence-corrected chi connectivity index (χ4v) is 2.05. The second-order valence-electron chi connectivity index (χ2n) is 3.93. The van der Waals surface area contributed by atoms with Crippen LogP contribution in [0.25, 0.3) is 0 Å². The molecule has 0 aliphatic heterocycles. The van der Waals surface area contributed by atoms with Crippen molar-refractivity contribution in [2.24, 2.45) is 10.3 Å². The largest absolute Gasteiger partial charge is 0.411 e. The van der Waals surface area contributed by atoms with Crippen molar-refractivity contribution in [3.8, 4) is 0 Å². The van der Waals surface area contributed by atoms with Gasteiger partial charge in [-0.3, -0.25) is 4.79 Å². The third-order valence-electron chi connectivity index (χ3n) is 2.90. The highest BCUT2D eigenvalue weighted by Gasteiger charge is 2.32. The predicted octanol–water partition coefficient (Wildman–Crippen LogP) is 1.79. The summed E-state index contributed by atoms with van der Waals surface area (Å²) in [4.78, 5) is 11.7. The first-order chi connectivity index (χ1) is 8.26. The molecule has 1 aliphatic carbocycles. The van der Waals surface area contributed by atoms with Crippen LogP contribution in [0.3, 0.4) is 0 Å². The molecule has 0 saturated heterocycles. The monoisotopic (exact) mass is 232 g/mol. The molecule has 1 saturated carbocycles. The standard InChI is InChI=1S/C12H12N2O3/c15-11-7-9(8-4-2-1-3-5-8)6-10(13-16)12(11)14-17/h1-5,9,16-17H,6-7H2/b13-10+,14-12-/t9-/m0/s1. The predicted molar refractivity (Wildman–Crippen MR) is 61.9 cm³/mol. The maximum Gasteiger partial charge on any atom is 0.187 e. The summed E-state index contributed by atoms with van der Waals surface area (Å²) in [6.07, 6.45) is 0.661. The van der Waals surface area contributed by atoms with Gasteiger partial charge < -0.3 is 10.4 Å². The molecule has 0 unspecified atom stereocenters. The van der Waals surface area contributed by atoms with Gasteiger partial charge >= 0.3 is 0 Å². The fourth-order valence-electron chi connectivity index (χ4n) is 2.05. The average molecular weight is 232 g/mol. The van der Waals surface area contributed by atoms with Gasteiger partial charge in [0, 0.05) is 12.8 Å². The quantitative estimate of drug-likeness (QED) is 0.572. The molecule has 1 fully saturated rings. The second kappa shape index (κ2) is 4.78. The Bertz CT molecular complexity index is 480. The number of carbonyl (C=O) groups is 1. The molecule has 0 amide bonds. The molecular weight excluding hydrogens is 220 g/mol. The van der Waals surface area contributed by atoms with Gasteiger partial charge in [0.05, 0.1) is 0 Å². The first-order valence-electron chi connectivity index (χ1n) is 5.27. The number of hydrogen-bond acceptors (Lipinski definition) is 5. The minimum atomic E-state index is -0.305. The van der Waals surface area contributed by atoms with E-state index in [1.54, 1.807) is 0 Å². The van der Waals surface area contributed by atoms with E-state index in [-0.39, 0.29) is 29.5 Å². The molecule has 0 radical (unpaired) electrons. The molecule has 1 atom stereocenters. The van der Waals surface area contributed by atoms with Crippen molar-refractivity contribution in [1.29, 1.82) is 0 Å². The van der Waals surface area contributed by atoms with E-state index in [1.165, 1.54) is 0 Å². The number of carbonyl (C=O) groups excluding carboxylic acids is 1. The van der Waals surface area contributed by atoms with Gasteiger partial charge in [0.15, 0.2) is 11.5 Å². The van der Waals surface area contributed by atoms with Crippen molar-refractivity contribution in [1.82, 2.24) is 0 Å². The molecule has 0 heterocycles. The minimum Gasteiger partial charge on any atom is -0.411 e. The Morgan fingerprint density at radius 1 is 1.06 bits per heavy atom. The molecule has 1 aromatic rings. The van der Waals surface area contributed by atoms with Crippen molar-refractivity contribution in [2.75, 3.05) is 0 Å². The summed E-state index contributed by atoms with van der Waals surface area (Å²) in [5.74, 6) is -0.333. The zero-order chi connectivity index (χ0) is 12.3. The van der Waals surface area contributed by atoms with Crippen LogP contribution in [0.5, 0.6) is 0 Å². The summed E-state index contributed by atoms with van der Waals surface area (Å²) < 4.78 is 0. The van der Waals surface area contributed by atoms with Crippen LogP contribution in [0.2, 0.25) is 0 Å². The smallest absolute Gasteiger partial charge is 0.187 e. The molecular formula is C12H12N2O3. The molecule has 5 nitrogen and oxygen atoms in total. The number of Topliss-reactive ketones (excluding diaryl/α,β-unsaturated/α-hetero) is 1. The van der Waals surface area contributed by atoms with Gasteiger partial charge in [-0.1, -0.05) is 40.6 Å². The Hall–Kier alpha value is -2.17. The van der Waals surface area contributed by atoms with Crippen LogP contribution in [0.1, 0.15) is 24.3 Å². The van der Waals surface area contributed by atoms with Crippen molar-refractivity contribution in [3.63, 3.8) is 0 Å². The topological polar surface area (TPSA) is 82.2 Å². The highest BCUT2D eigenvalue weighted by atomic mass is 16.4. The SMILES string of the molecule is O=C1C[C@@H](c2ccccc2)CC(=N\O)/C1=N/O. The average Bonchev–Trinajstić information content (AvgIpc) is 2.38. The summed E-state index contributed by atoms with van der Waals surface area (Å²) in [6.45, 7) is 0. The third kappa shape index (κ3) is 2.18. The van der Waals surface area contributed by atoms with Gasteiger partial charge in [-0.05, 0) is 11.5 Å². The normalized spacial score (nSPS) is 25.4. The van der Waals surface area contributed by atoms with E-state index in [9.17, 15) is 4.79 Å². The molecule has 1 aromatic carbocycles. The molecule has 88 valence electrons. The Kier molecular flexibility index (Phi) is 3.18. The van der Waals surface area contributed by atoms with Crippen LogP contribution in [-0.4, -0.2) is 27.6 Å². The summed E-state index contributed by atoms with van der Waals surface area (Å²) in [7, 11) is 0. The van der Waals surface area contributed by atoms with Crippen molar-refractivity contribution >= 4 is 17.2 Å². The summed E-state index contributed by atoms with van der Waals surface area (Å²) >= 11 is 0. The first-order valence-corrected chi connectivity index (χ1v) is 5.27. The van der Waals surface area contributed by atoms with E-state index in [1.807, 2.05) is 30.3 Å². The molecule has 0 spiro atoms. The zero-order valence-electron chi connectivity index (χ0n) is 9.08. The number of nitrogens with zero attached hydrogens (tertiary/aromatic N) is 2. The Balaban J connectivity index is 2.29. The fraction of sp³-hybridized carbons (Fsp3) is 0.250. The van der Waals surface area contributed by atoms with E-state index in [0.29, 0.717) is 6.42 Å². The molecule has 0 bridgehead atoms. The van der Waals surface area contributed by atoms with Crippen molar-refractivity contribution < 1.29 is 15.2 Å². The Morgan fingerprint density at radius 2 is 1.76 bits per heavy atom. The van der Waals surface area contributed by atoms with Gasteiger partial charge in [-0.25, -0.2) is 0 Å². The van der Waals surface area contributed by atoms with E-state index >= 15 is 0 Å². The van der Waals surface area contributed by atoms with Crippen LogP contribution in [0, 0.1) is 0 Å². The number of hydrogen-bond donors (Lipinski definition) is 2. The highest BCUT2D eigenvalue weighted by molar-refractivity contribution is 6.68. The molecule has 2 N–H and O–H groups in total. The lowest BCUT2D eigenvalue weighted by Gasteiger charge is -2.22. The maximum absolute atomic E-state index is 11.7. The van der Waals surface area contributed by atoms with E-state index in [0.717, 1.165) is 5.56 Å². The Labute approximate surface area is 98.1 Å². The minimum absolute atomic E-state index is 0.0277. The lowest BCUT2D eigenvalue weighted by molar-refractivity contribution is -0.113. The number of benzene rings is 1. The first kappa shape index (κ1) is 11.3. The van der Waals surface area contributed by atoms with Crippen LogP contribution >= 0.6 is 0 Å². The lowest BCUT2D eigenvalue weighted by Crippen LogP contribution is -2.33. The van der Waals surface area contributed by atoms with Gasteiger partial charge in [-0.15, -0.1) is 0 Å². The maximum atomic E-state index is 11.7. The summed E-state index contributed by atoms with van der Waals surface area (Å²) in [5, 5.41) is 23.4. The summed E-state index contributed by atoms with van der Waals surface area (Å²) in [6, 6.07) is 9.54. The number of ketones is 1. The third-order valence-corrected chi connectivity index (χ3v) is 2.90. The number of oxime groups is 2. The van der Waals surface area contributed by atoms with Gasteiger partial charge in [0.1, 0.15) is 5.71 Å².